The van der Waals surface area contributed by atoms with Crippen molar-refractivity contribution < 1.29 is 0 Å². The van der Waals surface area contributed by atoms with Crippen molar-refractivity contribution in [3.63, 3.8) is 0 Å². The van der Waals surface area contributed by atoms with E-state index in [1.807, 2.05) is 7.05 Å². The largest absolute Gasteiger partial charge is 0.350 e. The van der Waals surface area contributed by atoms with Crippen LogP contribution in [0.2, 0.25) is 0 Å². The minimum absolute atomic E-state index is 0.589. The number of anilines is 1. The first-order valence-electron chi connectivity index (χ1n) is 4.56. The second kappa shape index (κ2) is 2.41. The molecule has 2 aliphatic rings. The molecule has 0 spiro atoms. The zero-order valence-corrected chi connectivity index (χ0v) is 7.44. The molecule has 1 saturated heterocycles. The molecular weight excluding hydrogens is 168 g/mol. The van der Waals surface area contributed by atoms with E-state index in [1.165, 1.54) is 0 Å². The highest BCUT2D eigenvalue weighted by atomic mass is 15.6. The summed E-state index contributed by atoms with van der Waals surface area (Å²) in [7, 11) is 1.85. The van der Waals surface area contributed by atoms with Crippen LogP contribution in [0.5, 0.6) is 0 Å². The summed E-state index contributed by atoms with van der Waals surface area (Å²) < 4.78 is 1.67. The maximum Gasteiger partial charge on any atom is 0.242 e. The third-order valence-electron chi connectivity index (χ3n) is 3.01. The fraction of sp³-hybridized carbons (Fsp3) is 0.857. The van der Waals surface area contributed by atoms with Gasteiger partial charge in [0.25, 0.3) is 0 Å². The molecule has 1 saturated carbocycles. The van der Waals surface area contributed by atoms with Gasteiger partial charge in [-0.05, 0) is 22.3 Å². The van der Waals surface area contributed by atoms with Crippen molar-refractivity contribution in [1.29, 1.82) is 0 Å². The Labute approximate surface area is 75.7 Å². The molecule has 0 amide bonds. The van der Waals surface area contributed by atoms with Crippen LogP contribution < -0.4 is 10.6 Å². The number of tetrazole rings is 1. The number of fused-ring (bicyclic) bond motifs is 1. The van der Waals surface area contributed by atoms with E-state index in [1.54, 1.807) is 4.68 Å². The van der Waals surface area contributed by atoms with E-state index in [2.05, 4.69) is 26.2 Å². The van der Waals surface area contributed by atoms with Gasteiger partial charge in [0.1, 0.15) is 0 Å². The van der Waals surface area contributed by atoms with Gasteiger partial charge in [0.05, 0.1) is 0 Å². The average Bonchev–Trinajstić information content (AvgIpc) is 2.57. The zero-order valence-electron chi connectivity index (χ0n) is 7.44. The van der Waals surface area contributed by atoms with Crippen LogP contribution in [0, 0.1) is 11.8 Å². The molecule has 70 valence electrons. The van der Waals surface area contributed by atoms with Crippen molar-refractivity contribution in [3.05, 3.63) is 0 Å². The standard InChI is InChI=1S/C7H12N6/c1-13-7(10-11-12-13)9-6-4-2-8-3-5(4)6/h4-6,8H,2-3H2,1H3,(H,9,10,12). The Kier molecular flexibility index (Phi) is 1.35. The maximum atomic E-state index is 3.89. The van der Waals surface area contributed by atoms with E-state index in [9.17, 15) is 0 Å². The van der Waals surface area contributed by atoms with Gasteiger partial charge in [-0.1, -0.05) is 5.10 Å². The second-order valence-electron chi connectivity index (χ2n) is 3.78. The van der Waals surface area contributed by atoms with Crippen LogP contribution in [0.15, 0.2) is 0 Å². The second-order valence-corrected chi connectivity index (χ2v) is 3.78. The van der Waals surface area contributed by atoms with Gasteiger partial charge in [-0.2, -0.15) is 0 Å². The van der Waals surface area contributed by atoms with Crippen molar-refractivity contribution in [2.75, 3.05) is 18.4 Å². The lowest BCUT2D eigenvalue weighted by molar-refractivity contribution is 0.679. The molecule has 1 aliphatic carbocycles. The Morgan fingerprint density at radius 3 is 2.85 bits per heavy atom. The van der Waals surface area contributed by atoms with E-state index in [0.717, 1.165) is 30.9 Å². The third kappa shape index (κ3) is 1.02. The van der Waals surface area contributed by atoms with Gasteiger partial charge in [0.15, 0.2) is 0 Å². The predicted molar refractivity (Wildman–Crippen MR) is 46.1 cm³/mol. The summed E-state index contributed by atoms with van der Waals surface area (Å²) in [6.07, 6.45) is 0. The molecule has 2 unspecified atom stereocenters. The SMILES string of the molecule is Cn1nnnc1NC1C2CNCC21. The number of hydrogen-bond acceptors (Lipinski definition) is 5. The van der Waals surface area contributed by atoms with Gasteiger partial charge in [0, 0.05) is 26.2 Å². The highest BCUT2D eigenvalue weighted by molar-refractivity contribution is 5.31. The minimum atomic E-state index is 0.589. The zero-order chi connectivity index (χ0) is 8.84. The molecule has 3 rings (SSSR count). The number of piperidine rings is 1. The Morgan fingerprint density at radius 1 is 1.46 bits per heavy atom. The lowest BCUT2D eigenvalue weighted by atomic mass is 10.4. The number of rotatable bonds is 2. The molecule has 1 aliphatic heterocycles. The van der Waals surface area contributed by atoms with Gasteiger partial charge in [-0.25, -0.2) is 4.68 Å². The van der Waals surface area contributed by atoms with Gasteiger partial charge < -0.3 is 10.6 Å². The van der Waals surface area contributed by atoms with Crippen LogP contribution in [-0.4, -0.2) is 39.3 Å². The van der Waals surface area contributed by atoms with Crippen molar-refractivity contribution >= 4 is 5.95 Å². The molecule has 2 N–H and O–H groups in total. The van der Waals surface area contributed by atoms with Crippen LogP contribution in [0.1, 0.15) is 0 Å². The van der Waals surface area contributed by atoms with Crippen molar-refractivity contribution in [1.82, 2.24) is 25.5 Å². The van der Waals surface area contributed by atoms with Crippen LogP contribution in [0.4, 0.5) is 5.95 Å². The molecular formula is C7H12N6. The molecule has 2 heterocycles. The molecule has 6 heteroatoms. The van der Waals surface area contributed by atoms with Gasteiger partial charge >= 0.3 is 0 Å². The maximum absolute atomic E-state index is 3.89. The van der Waals surface area contributed by atoms with Crippen LogP contribution in [0.3, 0.4) is 0 Å². The van der Waals surface area contributed by atoms with Crippen molar-refractivity contribution in [3.8, 4) is 0 Å². The summed E-state index contributed by atoms with van der Waals surface area (Å²) in [5.41, 5.74) is 0. The first-order valence-corrected chi connectivity index (χ1v) is 4.56. The smallest absolute Gasteiger partial charge is 0.242 e. The monoisotopic (exact) mass is 180 g/mol. The molecule has 0 radical (unpaired) electrons. The fourth-order valence-electron chi connectivity index (χ4n) is 2.13. The first kappa shape index (κ1) is 7.25. The summed E-state index contributed by atoms with van der Waals surface area (Å²) >= 11 is 0. The molecule has 2 atom stereocenters. The Balaban J connectivity index is 1.68. The number of nitrogens with zero attached hydrogens (tertiary/aromatic N) is 4. The Bertz CT molecular complexity index is 311. The highest BCUT2D eigenvalue weighted by Crippen LogP contribution is 2.43. The number of aryl methyl sites for hydroxylation is 1. The van der Waals surface area contributed by atoms with E-state index >= 15 is 0 Å². The van der Waals surface area contributed by atoms with E-state index in [4.69, 9.17) is 0 Å². The van der Waals surface area contributed by atoms with Crippen molar-refractivity contribution in [2.24, 2.45) is 18.9 Å². The summed E-state index contributed by atoms with van der Waals surface area (Å²) in [4.78, 5) is 0. The molecule has 1 aromatic heterocycles. The molecule has 6 nitrogen and oxygen atoms in total. The van der Waals surface area contributed by atoms with Crippen LogP contribution >= 0.6 is 0 Å². The lowest BCUT2D eigenvalue weighted by Gasteiger charge is -2.05. The van der Waals surface area contributed by atoms with E-state index < -0.39 is 0 Å². The normalized spacial score (nSPS) is 35.9. The first-order chi connectivity index (χ1) is 6.36. The molecule has 2 fully saturated rings. The predicted octanol–water partition coefficient (Wildman–Crippen LogP) is -1.16. The minimum Gasteiger partial charge on any atom is -0.350 e. The van der Waals surface area contributed by atoms with Crippen LogP contribution in [0.25, 0.3) is 0 Å². The molecule has 0 aromatic carbocycles. The van der Waals surface area contributed by atoms with Gasteiger partial charge in [0.2, 0.25) is 5.95 Å². The Morgan fingerprint density at radius 2 is 2.23 bits per heavy atom. The molecule has 1 aromatic rings. The quantitative estimate of drug-likeness (QED) is 0.601. The molecule has 0 bridgehead atoms. The Hall–Kier alpha value is -1.17. The van der Waals surface area contributed by atoms with E-state index in [-0.39, 0.29) is 0 Å². The fourth-order valence-corrected chi connectivity index (χ4v) is 2.13. The molecule has 13 heavy (non-hydrogen) atoms. The number of aromatic nitrogens is 4. The average molecular weight is 180 g/mol. The summed E-state index contributed by atoms with van der Waals surface area (Å²) in [6.45, 7) is 2.27. The van der Waals surface area contributed by atoms with Gasteiger partial charge in [-0.15, -0.1) is 0 Å². The number of nitrogens with one attached hydrogen (secondary N) is 2. The summed E-state index contributed by atoms with van der Waals surface area (Å²) in [5.74, 6) is 2.35. The summed E-state index contributed by atoms with van der Waals surface area (Å²) in [5, 5.41) is 17.9. The van der Waals surface area contributed by atoms with Crippen molar-refractivity contribution in [2.45, 2.75) is 6.04 Å². The summed E-state index contributed by atoms with van der Waals surface area (Å²) in [6, 6.07) is 0.589. The van der Waals surface area contributed by atoms with E-state index in [0.29, 0.717) is 6.04 Å². The topological polar surface area (TPSA) is 67.7 Å². The third-order valence-corrected chi connectivity index (χ3v) is 3.01. The van der Waals surface area contributed by atoms with Gasteiger partial charge in [-0.3, -0.25) is 0 Å². The highest BCUT2D eigenvalue weighted by Gasteiger charge is 2.53. The van der Waals surface area contributed by atoms with Crippen LogP contribution in [-0.2, 0) is 7.05 Å². The number of hydrogen-bond donors (Lipinski definition) is 2. The lowest BCUT2D eigenvalue weighted by Crippen LogP contribution is -2.22.